The van der Waals surface area contributed by atoms with Gasteiger partial charge in [-0.05, 0) is 25.0 Å². The fourth-order valence-electron chi connectivity index (χ4n) is 2.22. The molecular formula is C14H16NO3S-. The number of hydrogen-bond donors (Lipinski definition) is 0. The Kier molecular flexibility index (Phi) is 4.14. The number of aliphatic carboxylic acids is 1. The first kappa shape index (κ1) is 13.9. The highest BCUT2D eigenvalue weighted by molar-refractivity contribution is 8.01. The summed E-state index contributed by atoms with van der Waals surface area (Å²) in [5.41, 5.74) is 2.18. The molecule has 1 fully saturated rings. The van der Waals surface area contributed by atoms with Crippen LogP contribution in [0.4, 0.5) is 0 Å². The number of benzene rings is 1. The van der Waals surface area contributed by atoms with Crippen LogP contribution in [0.15, 0.2) is 24.3 Å². The molecule has 0 aromatic heterocycles. The summed E-state index contributed by atoms with van der Waals surface area (Å²) >= 11 is 1.56. The minimum Gasteiger partial charge on any atom is -0.550 e. The van der Waals surface area contributed by atoms with Crippen molar-refractivity contribution in [1.29, 1.82) is 0 Å². The van der Waals surface area contributed by atoms with E-state index in [1.54, 1.807) is 16.7 Å². The highest BCUT2D eigenvalue weighted by atomic mass is 32.2. The van der Waals surface area contributed by atoms with Gasteiger partial charge in [0.15, 0.2) is 0 Å². The molecule has 1 aliphatic rings. The number of carboxylic acid groups (broad SMARTS) is 1. The van der Waals surface area contributed by atoms with Crippen molar-refractivity contribution in [2.45, 2.75) is 30.9 Å². The average molecular weight is 278 g/mol. The van der Waals surface area contributed by atoms with Crippen LogP contribution in [0.1, 0.15) is 29.8 Å². The van der Waals surface area contributed by atoms with Crippen molar-refractivity contribution in [2.75, 3.05) is 6.54 Å². The van der Waals surface area contributed by atoms with Crippen molar-refractivity contribution >= 4 is 23.6 Å². The fraction of sp³-hybridized carbons (Fsp3) is 0.429. The smallest absolute Gasteiger partial charge is 0.236 e. The Morgan fingerprint density at radius 1 is 1.42 bits per heavy atom. The van der Waals surface area contributed by atoms with E-state index in [4.69, 9.17) is 0 Å². The van der Waals surface area contributed by atoms with E-state index in [-0.39, 0.29) is 29.5 Å². The summed E-state index contributed by atoms with van der Waals surface area (Å²) in [4.78, 5) is 24.3. The molecule has 0 N–H and O–H groups in total. The second-order valence-electron chi connectivity index (χ2n) is 4.64. The van der Waals surface area contributed by atoms with Crippen molar-refractivity contribution < 1.29 is 14.7 Å². The Morgan fingerprint density at radius 3 is 2.74 bits per heavy atom. The number of thioether (sulfide) groups is 1. The van der Waals surface area contributed by atoms with Crippen LogP contribution >= 0.6 is 11.8 Å². The van der Waals surface area contributed by atoms with Crippen LogP contribution in [0.2, 0.25) is 0 Å². The zero-order valence-corrected chi connectivity index (χ0v) is 11.8. The zero-order chi connectivity index (χ0) is 14.0. The minimum atomic E-state index is -1.12. The highest BCUT2D eigenvalue weighted by Crippen LogP contribution is 2.43. The summed E-state index contributed by atoms with van der Waals surface area (Å²) in [6, 6.07) is 7.88. The molecule has 0 saturated carbocycles. The fourth-order valence-corrected chi connectivity index (χ4v) is 3.62. The third-order valence-electron chi connectivity index (χ3n) is 3.26. The Labute approximate surface area is 116 Å². The van der Waals surface area contributed by atoms with Crippen LogP contribution in [0, 0.1) is 6.92 Å². The van der Waals surface area contributed by atoms with Crippen molar-refractivity contribution in [2.24, 2.45) is 0 Å². The van der Waals surface area contributed by atoms with E-state index in [0.29, 0.717) is 0 Å². The Balaban J connectivity index is 2.25. The second kappa shape index (κ2) is 5.65. The molecule has 1 heterocycles. The lowest BCUT2D eigenvalue weighted by molar-refractivity contribution is -0.305. The van der Waals surface area contributed by atoms with Gasteiger partial charge in [0.1, 0.15) is 5.37 Å². The molecule has 0 unspecified atom stereocenters. The molecule has 1 saturated heterocycles. The van der Waals surface area contributed by atoms with Gasteiger partial charge >= 0.3 is 0 Å². The maximum atomic E-state index is 12.1. The van der Waals surface area contributed by atoms with Gasteiger partial charge in [-0.1, -0.05) is 24.3 Å². The molecule has 1 amide bonds. The molecule has 0 radical (unpaired) electrons. The van der Waals surface area contributed by atoms with Crippen molar-refractivity contribution in [1.82, 2.24) is 4.90 Å². The Morgan fingerprint density at radius 2 is 2.11 bits per heavy atom. The lowest BCUT2D eigenvalue weighted by atomic mass is 10.1. The largest absolute Gasteiger partial charge is 0.550 e. The van der Waals surface area contributed by atoms with Crippen LogP contribution < -0.4 is 5.11 Å². The highest BCUT2D eigenvalue weighted by Gasteiger charge is 2.38. The van der Waals surface area contributed by atoms with Crippen LogP contribution in [0.5, 0.6) is 0 Å². The van der Waals surface area contributed by atoms with Gasteiger partial charge in [0.2, 0.25) is 5.91 Å². The molecule has 102 valence electrons. The number of aryl methyl sites for hydroxylation is 1. The van der Waals surface area contributed by atoms with E-state index in [9.17, 15) is 14.7 Å². The van der Waals surface area contributed by atoms with Gasteiger partial charge in [0, 0.05) is 18.9 Å². The van der Waals surface area contributed by atoms with E-state index >= 15 is 0 Å². The molecule has 2 atom stereocenters. The molecule has 0 spiro atoms. The Bertz CT molecular complexity index is 503. The first-order chi connectivity index (χ1) is 9.00. The van der Waals surface area contributed by atoms with Crippen LogP contribution in [0.3, 0.4) is 0 Å². The summed E-state index contributed by atoms with van der Waals surface area (Å²) in [5, 5.41) is 10.4. The van der Waals surface area contributed by atoms with Crippen LogP contribution in [0.25, 0.3) is 0 Å². The van der Waals surface area contributed by atoms with Gasteiger partial charge in [-0.2, -0.15) is 0 Å². The predicted octanol–water partition coefficient (Wildman–Crippen LogP) is 1.10. The van der Waals surface area contributed by atoms with Crippen molar-refractivity contribution in [3.05, 3.63) is 35.4 Å². The third-order valence-corrected chi connectivity index (χ3v) is 4.63. The minimum absolute atomic E-state index is 0.000460. The first-order valence-corrected chi connectivity index (χ1v) is 7.16. The van der Waals surface area contributed by atoms with E-state index in [0.717, 1.165) is 11.1 Å². The van der Waals surface area contributed by atoms with E-state index in [2.05, 4.69) is 0 Å². The molecule has 1 aliphatic heterocycles. The number of nitrogens with zero attached hydrogens (tertiary/aromatic N) is 1. The van der Waals surface area contributed by atoms with Crippen molar-refractivity contribution in [3.8, 4) is 0 Å². The molecule has 1 aromatic rings. The first-order valence-electron chi connectivity index (χ1n) is 6.22. The zero-order valence-electron chi connectivity index (χ0n) is 11.0. The summed E-state index contributed by atoms with van der Waals surface area (Å²) in [6.45, 7) is 4.06. The van der Waals surface area contributed by atoms with Gasteiger partial charge in [-0.15, -0.1) is 11.8 Å². The number of hydrogen-bond acceptors (Lipinski definition) is 4. The molecule has 0 bridgehead atoms. The maximum Gasteiger partial charge on any atom is 0.236 e. The summed E-state index contributed by atoms with van der Waals surface area (Å²) in [7, 11) is 0. The van der Waals surface area contributed by atoms with Gasteiger partial charge in [0.25, 0.3) is 0 Å². The maximum absolute atomic E-state index is 12.1. The second-order valence-corrected chi connectivity index (χ2v) is 6.07. The predicted molar refractivity (Wildman–Crippen MR) is 72.3 cm³/mol. The van der Waals surface area contributed by atoms with Crippen LogP contribution in [-0.4, -0.2) is 28.6 Å². The topological polar surface area (TPSA) is 60.4 Å². The van der Waals surface area contributed by atoms with Gasteiger partial charge in [-0.3, -0.25) is 4.79 Å². The number of carbonyl (C=O) groups is 2. The number of amides is 1. The lowest BCUT2D eigenvalue weighted by Gasteiger charge is -2.25. The van der Waals surface area contributed by atoms with Crippen molar-refractivity contribution in [3.63, 3.8) is 0 Å². The van der Waals surface area contributed by atoms with Gasteiger partial charge in [0.05, 0.1) is 5.25 Å². The molecule has 1 aromatic carbocycles. The monoisotopic (exact) mass is 278 g/mol. The molecule has 2 rings (SSSR count). The molecule has 19 heavy (non-hydrogen) atoms. The van der Waals surface area contributed by atoms with E-state index < -0.39 is 5.97 Å². The number of carboxylic acids is 1. The molecular weight excluding hydrogens is 262 g/mol. The number of rotatable bonds is 4. The third kappa shape index (κ3) is 2.92. The number of carbonyl (C=O) groups excluding carboxylic acids is 2. The summed E-state index contributed by atoms with van der Waals surface area (Å²) in [6.07, 6.45) is -0.124. The normalized spacial score (nSPS) is 22.8. The van der Waals surface area contributed by atoms with Crippen LogP contribution in [-0.2, 0) is 9.59 Å². The SMILES string of the molecule is Cc1ccccc1[C@H]1S[C@@H](C)C(=O)N1CCC(=O)[O-]. The Hall–Kier alpha value is -1.49. The van der Waals surface area contributed by atoms with Gasteiger partial charge < -0.3 is 14.8 Å². The average Bonchev–Trinajstić information content (AvgIpc) is 2.64. The molecule has 4 nitrogen and oxygen atoms in total. The summed E-state index contributed by atoms with van der Waals surface area (Å²) in [5.74, 6) is -1.12. The van der Waals surface area contributed by atoms with E-state index in [1.807, 2.05) is 38.1 Å². The quantitative estimate of drug-likeness (QED) is 0.827. The van der Waals surface area contributed by atoms with Gasteiger partial charge in [-0.25, -0.2) is 0 Å². The van der Waals surface area contributed by atoms with E-state index in [1.165, 1.54) is 0 Å². The molecule has 5 heteroatoms. The lowest BCUT2D eigenvalue weighted by Crippen LogP contribution is -2.35. The summed E-state index contributed by atoms with van der Waals surface area (Å²) < 4.78 is 0. The standard InChI is InChI=1S/C14H17NO3S/c1-9-5-3-4-6-11(9)14-15(8-7-12(16)17)13(18)10(2)19-14/h3-6,10,14H,7-8H2,1-2H3,(H,16,17)/p-1/t10-,14+/m0/s1. The molecule has 0 aliphatic carbocycles.